The highest BCUT2D eigenvalue weighted by Crippen LogP contribution is 2.25. The van der Waals surface area contributed by atoms with Gasteiger partial charge in [-0.2, -0.15) is 0 Å². The zero-order valence-corrected chi connectivity index (χ0v) is 16.0. The molecule has 2 aromatic carbocycles. The van der Waals surface area contributed by atoms with Gasteiger partial charge in [0.2, 0.25) is 0 Å². The van der Waals surface area contributed by atoms with Gasteiger partial charge in [0.05, 0.1) is 15.5 Å². The van der Waals surface area contributed by atoms with E-state index < -0.39 is 28.5 Å². The second-order valence-corrected chi connectivity index (χ2v) is 7.58. The Morgan fingerprint density at radius 3 is 2.48 bits per heavy atom. The second-order valence-electron chi connectivity index (χ2n) is 5.49. The first kappa shape index (κ1) is 20.5. The van der Waals surface area contributed by atoms with Crippen LogP contribution in [0.4, 0.5) is 5.69 Å². The fourth-order valence-electron chi connectivity index (χ4n) is 2.20. The van der Waals surface area contributed by atoms with Gasteiger partial charge in [-0.15, -0.1) is 0 Å². The van der Waals surface area contributed by atoms with Crippen LogP contribution >= 0.6 is 11.6 Å². The Morgan fingerprint density at radius 1 is 1.19 bits per heavy atom. The Bertz CT molecular complexity index is 991. The lowest BCUT2D eigenvalue weighted by Crippen LogP contribution is -2.19. The standard InChI is InChI=1S/C17H17ClN2O6S/c1-10-7-12(4-6-15(10)26-9-16(21)22)27(24,25)20-11-3-5-14(18)13(8-11)17(23)19-2/h3-8,20H,9H2,1-2H3,(H,19,23)(H,21,22). The first-order chi connectivity index (χ1) is 12.6. The number of benzene rings is 2. The van der Waals surface area contributed by atoms with Crippen LogP contribution in [0.15, 0.2) is 41.3 Å². The molecule has 0 aliphatic carbocycles. The number of ether oxygens (including phenoxy) is 1. The molecule has 144 valence electrons. The third kappa shape index (κ3) is 5.11. The molecule has 10 heteroatoms. The van der Waals surface area contributed by atoms with Gasteiger partial charge in [0, 0.05) is 12.7 Å². The first-order valence-electron chi connectivity index (χ1n) is 7.63. The number of rotatable bonds is 7. The molecule has 0 bridgehead atoms. The summed E-state index contributed by atoms with van der Waals surface area (Å²) in [4.78, 5) is 22.3. The number of carbonyl (C=O) groups excluding carboxylic acids is 1. The summed E-state index contributed by atoms with van der Waals surface area (Å²) in [5, 5.41) is 11.3. The number of hydrogen-bond donors (Lipinski definition) is 3. The van der Waals surface area contributed by atoms with Crippen LogP contribution in [0, 0.1) is 6.92 Å². The zero-order valence-electron chi connectivity index (χ0n) is 14.4. The molecule has 27 heavy (non-hydrogen) atoms. The minimum atomic E-state index is -3.94. The topological polar surface area (TPSA) is 122 Å². The van der Waals surface area contributed by atoms with Gasteiger partial charge in [0.25, 0.3) is 15.9 Å². The number of amides is 1. The van der Waals surface area contributed by atoms with Gasteiger partial charge in [-0.25, -0.2) is 13.2 Å². The first-order valence-corrected chi connectivity index (χ1v) is 9.50. The number of sulfonamides is 1. The van der Waals surface area contributed by atoms with Crippen LogP contribution in [0.3, 0.4) is 0 Å². The molecule has 0 atom stereocenters. The molecule has 8 nitrogen and oxygen atoms in total. The third-order valence-corrected chi connectivity index (χ3v) is 5.21. The minimum absolute atomic E-state index is 0.0425. The van der Waals surface area contributed by atoms with Gasteiger partial charge < -0.3 is 15.2 Å². The number of carboxylic acid groups (broad SMARTS) is 1. The van der Waals surface area contributed by atoms with Crippen LogP contribution in [-0.4, -0.2) is 39.1 Å². The maximum atomic E-state index is 12.6. The van der Waals surface area contributed by atoms with E-state index in [1.807, 2.05) is 0 Å². The lowest BCUT2D eigenvalue weighted by atomic mass is 10.2. The summed E-state index contributed by atoms with van der Waals surface area (Å²) in [6, 6.07) is 8.21. The summed E-state index contributed by atoms with van der Waals surface area (Å²) in [6.07, 6.45) is 0. The minimum Gasteiger partial charge on any atom is -0.482 e. The monoisotopic (exact) mass is 412 g/mol. The lowest BCUT2D eigenvalue weighted by Gasteiger charge is -2.12. The van der Waals surface area contributed by atoms with Crippen molar-refractivity contribution < 1.29 is 27.9 Å². The van der Waals surface area contributed by atoms with Crippen molar-refractivity contribution in [1.29, 1.82) is 0 Å². The maximum absolute atomic E-state index is 12.6. The lowest BCUT2D eigenvalue weighted by molar-refractivity contribution is -0.139. The van der Waals surface area contributed by atoms with Gasteiger partial charge in [-0.05, 0) is 48.9 Å². The number of anilines is 1. The molecule has 2 aromatic rings. The van der Waals surface area contributed by atoms with E-state index in [9.17, 15) is 18.0 Å². The second kappa shape index (κ2) is 8.28. The molecule has 0 unspecified atom stereocenters. The number of carboxylic acids is 1. The average molecular weight is 413 g/mol. The third-order valence-electron chi connectivity index (χ3n) is 3.50. The Balaban J connectivity index is 2.28. The molecule has 0 radical (unpaired) electrons. The molecule has 0 saturated heterocycles. The number of carbonyl (C=O) groups is 2. The molecule has 3 N–H and O–H groups in total. The highest BCUT2D eigenvalue weighted by atomic mass is 35.5. The van der Waals surface area contributed by atoms with Crippen LogP contribution in [0.5, 0.6) is 5.75 Å². The van der Waals surface area contributed by atoms with Crippen molar-refractivity contribution in [2.75, 3.05) is 18.4 Å². The fraction of sp³-hybridized carbons (Fsp3) is 0.176. The van der Waals surface area contributed by atoms with E-state index in [0.717, 1.165) is 0 Å². The number of aliphatic carboxylic acids is 1. The van der Waals surface area contributed by atoms with E-state index in [1.54, 1.807) is 6.92 Å². The van der Waals surface area contributed by atoms with E-state index >= 15 is 0 Å². The molecule has 0 spiro atoms. The number of hydrogen-bond acceptors (Lipinski definition) is 5. The summed E-state index contributed by atoms with van der Waals surface area (Å²) < 4.78 is 32.6. The van der Waals surface area contributed by atoms with Crippen molar-refractivity contribution in [3.63, 3.8) is 0 Å². The molecule has 0 heterocycles. The molecule has 0 saturated carbocycles. The van der Waals surface area contributed by atoms with Crippen molar-refractivity contribution in [2.45, 2.75) is 11.8 Å². The molecule has 0 aromatic heterocycles. The SMILES string of the molecule is CNC(=O)c1cc(NS(=O)(=O)c2ccc(OCC(=O)O)c(C)c2)ccc1Cl. The van der Waals surface area contributed by atoms with Crippen LogP contribution in [-0.2, 0) is 14.8 Å². The summed E-state index contributed by atoms with van der Waals surface area (Å²) in [6.45, 7) is 1.07. The van der Waals surface area contributed by atoms with Crippen LogP contribution in [0.1, 0.15) is 15.9 Å². The van der Waals surface area contributed by atoms with Crippen LogP contribution < -0.4 is 14.8 Å². The number of nitrogens with one attached hydrogen (secondary N) is 2. The largest absolute Gasteiger partial charge is 0.482 e. The van der Waals surface area contributed by atoms with Crippen molar-refractivity contribution in [2.24, 2.45) is 0 Å². The van der Waals surface area contributed by atoms with Crippen molar-refractivity contribution >= 4 is 39.2 Å². The van der Waals surface area contributed by atoms with E-state index in [4.69, 9.17) is 21.4 Å². The quantitative estimate of drug-likeness (QED) is 0.641. The van der Waals surface area contributed by atoms with Crippen molar-refractivity contribution in [3.8, 4) is 5.75 Å². The van der Waals surface area contributed by atoms with E-state index in [2.05, 4.69) is 10.0 Å². The predicted molar refractivity (Wildman–Crippen MR) is 100.0 cm³/mol. The van der Waals surface area contributed by atoms with Crippen molar-refractivity contribution in [3.05, 3.63) is 52.5 Å². The highest BCUT2D eigenvalue weighted by molar-refractivity contribution is 7.92. The molecule has 1 amide bonds. The Hall–Kier alpha value is -2.78. The van der Waals surface area contributed by atoms with E-state index in [0.29, 0.717) is 5.56 Å². The predicted octanol–water partition coefficient (Wildman–Crippen LogP) is 2.27. The summed E-state index contributed by atoms with van der Waals surface area (Å²) in [5.74, 6) is -1.32. The average Bonchev–Trinajstić information content (AvgIpc) is 2.61. The van der Waals surface area contributed by atoms with Crippen LogP contribution in [0.2, 0.25) is 5.02 Å². The van der Waals surface area contributed by atoms with E-state index in [1.165, 1.54) is 43.4 Å². The van der Waals surface area contributed by atoms with Gasteiger partial charge >= 0.3 is 5.97 Å². The Labute approximate surface area is 161 Å². The number of aryl methyl sites for hydroxylation is 1. The van der Waals surface area contributed by atoms with Gasteiger partial charge in [0.15, 0.2) is 6.61 Å². The molecule has 0 aliphatic heterocycles. The fourth-order valence-corrected chi connectivity index (χ4v) is 3.54. The number of halogens is 1. The molecular weight excluding hydrogens is 396 g/mol. The summed E-state index contributed by atoms with van der Waals surface area (Å²) in [5.41, 5.74) is 0.760. The van der Waals surface area contributed by atoms with E-state index in [-0.39, 0.29) is 26.9 Å². The van der Waals surface area contributed by atoms with Gasteiger partial charge in [0.1, 0.15) is 5.75 Å². The smallest absolute Gasteiger partial charge is 0.341 e. The molecule has 2 rings (SSSR count). The van der Waals surface area contributed by atoms with Gasteiger partial charge in [-0.3, -0.25) is 9.52 Å². The Kier molecular flexibility index (Phi) is 6.29. The summed E-state index contributed by atoms with van der Waals surface area (Å²) >= 11 is 5.95. The van der Waals surface area contributed by atoms with Crippen LogP contribution in [0.25, 0.3) is 0 Å². The molecule has 0 aliphatic rings. The molecular formula is C17H17ClN2O6S. The normalized spacial score (nSPS) is 10.9. The Morgan fingerprint density at radius 2 is 1.89 bits per heavy atom. The molecule has 0 fully saturated rings. The highest BCUT2D eigenvalue weighted by Gasteiger charge is 2.18. The summed E-state index contributed by atoms with van der Waals surface area (Å²) in [7, 11) is -2.51. The maximum Gasteiger partial charge on any atom is 0.341 e. The van der Waals surface area contributed by atoms with Gasteiger partial charge in [-0.1, -0.05) is 11.6 Å². The van der Waals surface area contributed by atoms with Crippen molar-refractivity contribution in [1.82, 2.24) is 5.32 Å². The zero-order chi connectivity index (χ0) is 20.2.